The Morgan fingerprint density at radius 3 is 1.20 bits per heavy atom. The number of ether oxygens (including phenoxy) is 3. The van der Waals surface area contributed by atoms with E-state index in [9.17, 15) is 57.9 Å². The Balaban J connectivity index is 0.000000178. The lowest BCUT2D eigenvalue weighted by molar-refractivity contribution is -0.274. The molecule has 8 amide bonds. The van der Waals surface area contributed by atoms with Crippen molar-refractivity contribution >= 4 is 69.6 Å². The normalized spacial score (nSPS) is 10.6. The Labute approximate surface area is 467 Å². The van der Waals surface area contributed by atoms with Crippen molar-refractivity contribution in [3.8, 4) is 69.3 Å². The number of urea groups is 4. The van der Waals surface area contributed by atoms with Crippen LogP contribution in [0.4, 0.5) is 77.8 Å². The van der Waals surface area contributed by atoms with Crippen LogP contribution >= 0.6 is 0 Å². The standard InChI is InChI=1S/C14H11F3N2O4.C14H11N3O3.C14H12N2O5.C14H14N2O3/c15-14(16,17)23-10-4-1-8(2-5-10)18-13(22)19-11-6-3-9(20)7-12(11)21;15-8-9-1-3-10(4-2-9)16-14(20)17-12-6-5-11(18)7-13(12)19;17-9-2-3-10(11(18)6-9)16-14(19)15-8-1-4-12-13(5-8)21-7-20-12;1-9-4-2-3-5-11(9)15-14(19)16-12-7-6-10(17)8-13(12)18/h1-7,20-21H,(H2,18,19,22);1-7,18-19H,(H2,16,17,20);1-6,17-18H,7H2,(H2,15,16,19);2-8,17-18H,1H3,(H2,15,16,19). The number of anilines is 8. The molecule has 27 heteroatoms. The van der Waals surface area contributed by atoms with Crippen molar-refractivity contribution in [2.75, 3.05) is 49.3 Å². The van der Waals surface area contributed by atoms with E-state index in [0.717, 1.165) is 42.0 Å². The van der Waals surface area contributed by atoms with Crippen LogP contribution < -0.4 is 56.7 Å². The van der Waals surface area contributed by atoms with Gasteiger partial charge < -0.3 is 97.6 Å². The van der Waals surface area contributed by atoms with Gasteiger partial charge in [-0.05, 0) is 128 Å². The second-order valence-electron chi connectivity index (χ2n) is 16.8. The van der Waals surface area contributed by atoms with Crippen LogP contribution in [0.15, 0.2) is 164 Å². The van der Waals surface area contributed by atoms with Crippen molar-refractivity contribution in [3.63, 3.8) is 0 Å². The number of para-hydroxylation sites is 1. The molecule has 1 aliphatic rings. The molecule has 1 heterocycles. The fourth-order valence-electron chi connectivity index (χ4n) is 6.69. The van der Waals surface area contributed by atoms with Crippen LogP contribution in [0, 0.1) is 18.3 Å². The molecule has 1 aliphatic heterocycles. The van der Waals surface area contributed by atoms with Crippen molar-refractivity contribution < 1.29 is 87.4 Å². The fraction of sp³-hybridized carbons (Fsp3) is 0.0536. The van der Waals surface area contributed by atoms with Gasteiger partial charge in [0.05, 0.1) is 34.4 Å². The molecule has 8 aromatic carbocycles. The van der Waals surface area contributed by atoms with Crippen LogP contribution in [-0.4, -0.2) is 78.1 Å². The molecule has 24 nitrogen and oxygen atoms in total. The molecule has 83 heavy (non-hydrogen) atoms. The van der Waals surface area contributed by atoms with E-state index in [1.807, 2.05) is 31.2 Å². The number of alkyl halides is 3. The van der Waals surface area contributed by atoms with Gasteiger partial charge in [0.1, 0.15) is 51.7 Å². The number of nitriles is 1. The van der Waals surface area contributed by atoms with Crippen LogP contribution in [0.2, 0.25) is 0 Å². The molecular weight excluding hydrogens is 1100 g/mol. The summed E-state index contributed by atoms with van der Waals surface area (Å²) in [5, 5.41) is 103. The van der Waals surface area contributed by atoms with Gasteiger partial charge in [-0.2, -0.15) is 5.26 Å². The fourth-order valence-corrected chi connectivity index (χ4v) is 6.69. The minimum absolute atomic E-state index is 0.0531. The molecule has 0 spiro atoms. The average Bonchev–Trinajstić information content (AvgIpc) is 4.10. The minimum Gasteiger partial charge on any atom is -0.508 e. The molecule has 0 saturated heterocycles. The number of aromatic hydroxyl groups is 8. The predicted octanol–water partition coefficient (Wildman–Crippen LogP) is 11.8. The largest absolute Gasteiger partial charge is 0.573 e. The number of fused-ring (bicyclic) bond motifs is 1. The summed E-state index contributed by atoms with van der Waals surface area (Å²) in [5.74, 6) is -0.660. The average molecular weight is 1140 g/mol. The molecule has 0 atom stereocenters. The molecular formula is C56H48F3N9O15. The van der Waals surface area contributed by atoms with Crippen molar-refractivity contribution in [1.82, 2.24) is 0 Å². The molecule has 9 rings (SSSR count). The first kappa shape index (κ1) is 60.2. The number of aryl methyl sites for hydroxylation is 1. The topological polar surface area (TPSA) is 378 Å². The highest BCUT2D eigenvalue weighted by Gasteiger charge is 2.31. The molecule has 428 valence electrons. The Morgan fingerprint density at radius 1 is 0.446 bits per heavy atom. The number of nitrogens with zero attached hydrogens (tertiary/aromatic N) is 1. The van der Waals surface area contributed by atoms with E-state index < -0.39 is 36.2 Å². The molecule has 0 radical (unpaired) electrons. The molecule has 0 saturated carbocycles. The molecule has 0 aromatic heterocycles. The first-order chi connectivity index (χ1) is 39.5. The maximum absolute atomic E-state index is 12.0. The number of carbonyl (C=O) groups excluding carboxylic acids is 4. The summed E-state index contributed by atoms with van der Waals surface area (Å²) in [6, 6.07) is 38.2. The number of phenolic OH excluding ortho intramolecular Hbond substituents is 8. The molecule has 0 fully saturated rings. The van der Waals surface area contributed by atoms with Crippen LogP contribution in [-0.2, 0) is 0 Å². The number of benzene rings is 8. The smallest absolute Gasteiger partial charge is 0.508 e. The third-order valence-corrected chi connectivity index (χ3v) is 10.6. The van der Waals surface area contributed by atoms with E-state index in [1.165, 1.54) is 60.7 Å². The lowest BCUT2D eigenvalue weighted by atomic mass is 10.2. The second-order valence-corrected chi connectivity index (χ2v) is 16.8. The number of carbonyl (C=O) groups is 4. The van der Waals surface area contributed by atoms with Gasteiger partial charge in [-0.1, -0.05) is 18.2 Å². The summed E-state index contributed by atoms with van der Waals surface area (Å²) >= 11 is 0. The lowest BCUT2D eigenvalue weighted by Crippen LogP contribution is -2.19. The van der Waals surface area contributed by atoms with Crippen molar-refractivity contribution in [1.29, 1.82) is 5.26 Å². The van der Waals surface area contributed by atoms with E-state index in [0.29, 0.717) is 34.1 Å². The first-order valence-corrected chi connectivity index (χ1v) is 23.7. The Hall–Kier alpha value is -12.1. The minimum atomic E-state index is -4.79. The van der Waals surface area contributed by atoms with Gasteiger partial charge >= 0.3 is 30.5 Å². The van der Waals surface area contributed by atoms with Crippen LogP contribution in [0.5, 0.6) is 63.2 Å². The van der Waals surface area contributed by atoms with Crippen molar-refractivity contribution in [2.24, 2.45) is 0 Å². The van der Waals surface area contributed by atoms with E-state index >= 15 is 0 Å². The van der Waals surface area contributed by atoms with E-state index in [-0.39, 0.29) is 81.2 Å². The van der Waals surface area contributed by atoms with Gasteiger partial charge in [-0.15, -0.1) is 13.2 Å². The SMILES string of the molecule is Cc1ccccc1NC(=O)Nc1ccc(O)cc1O.N#Cc1ccc(NC(=O)Nc2ccc(O)cc2O)cc1.O=C(Nc1ccc(OC(F)(F)F)cc1)Nc1ccc(O)cc1O.O=C(Nc1ccc2c(c1)OCO2)Nc1ccc(O)cc1O. The third-order valence-electron chi connectivity index (χ3n) is 10.6. The number of amides is 8. The molecule has 16 N–H and O–H groups in total. The van der Waals surface area contributed by atoms with Crippen LogP contribution in [0.25, 0.3) is 0 Å². The highest BCUT2D eigenvalue weighted by Crippen LogP contribution is 2.35. The molecule has 0 unspecified atom stereocenters. The number of phenols is 8. The lowest BCUT2D eigenvalue weighted by Gasteiger charge is -2.11. The summed E-state index contributed by atoms with van der Waals surface area (Å²) < 4.78 is 50.1. The third kappa shape index (κ3) is 19.4. The molecule has 0 bridgehead atoms. The highest BCUT2D eigenvalue weighted by atomic mass is 19.4. The summed E-state index contributed by atoms with van der Waals surface area (Å²) in [7, 11) is 0. The van der Waals surface area contributed by atoms with Gasteiger partial charge in [-0.25, -0.2) is 19.2 Å². The summed E-state index contributed by atoms with van der Waals surface area (Å²) in [5.41, 5.74) is 4.02. The zero-order chi connectivity index (χ0) is 60.2. The number of nitrogens with one attached hydrogen (secondary N) is 8. The summed E-state index contributed by atoms with van der Waals surface area (Å²) in [4.78, 5) is 47.1. The Kier molecular flexibility index (Phi) is 20.3. The van der Waals surface area contributed by atoms with Crippen LogP contribution in [0.1, 0.15) is 11.1 Å². The van der Waals surface area contributed by atoms with Gasteiger partial charge in [0, 0.05) is 53.1 Å². The second kappa shape index (κ2) is 28.0. The Bertz CT molecular complexity index is 3640. The van der Waals surface area contributed by atoms with Gasteiger partial charge in [-0.3, -0.25) is 0 Å². The summed E-state index contributed by atoms with van der Waals surface area (Å²) in [6.45, 7) is 2.04. The summed E-state index contributed by atoms with van der Waals surface area (Å²) in [6.07, 6.45) is -4.79. The van der Waals surface area contributed by atoms with Crippen molar-refractivity contribution in [3.05, 3.63) is 175 Å². The highest BCUT2D eigenvalue weighted by molar-refractivity contribution is 6.03. The quantitative estimate of drug-likeness (QED) is 0.0471. The number of hydrogen-bond acceptors (Lipinski definition) is 16. The van der Waals surface area contributed by atoms with E-state index in [4.69, 9.17) is 30.1 Å². The van der Waals surface area contributed by atoms with Gasteiger partial charge in [0.25, 0.3) is 0 Å². The maximum atomic E-state index is 12.0. The van der Waals surface area contributed by atoms with Crippen LogP contribution in [0.3, 0.4) is 0 Å². The number of halogens is 3. The zero-order valence-corrected chi connectivity index (χ0v) is 42.8. The Morgan fingerprint density at radius 2 is 0.807 bits per heavy atom. The van der Waals surface area contributed by atoms with Crippen molar-refractivity contribution in [2.45, 2.75) is 13.3 Å². The number of rotatable bonds is 9. The molecule has 8 aromatic rings. The van der Waals surface area contributed by atoms with E-state index in [2.05, 4.69) is 47.3 Å². The predicted molar refractivity (Wildman–Crippen MR) is 298 cm³/mol. The number of hydrogen-bond donors (Lipinski definition) is 16. The zero-order valence-electron chi connectivity index (χ0n) is 42.8. The monoisotopic (exact) mass is 1140 g/mol. The van der Waals surface area contributed by atoms with Gasteiger partial charge in [0.15, 0.2) is 11.5 Å². The molecule has 0 aliphatic carbocycles. The van der Waals surface area contributed by atoms with E-state index in [1.54, 1.807) is 48.5 Å². The first-order valence-electron chi connectivity index (χ1n) is 23.7. The van der Waals surface area contributed by atoms with Gasteiger partial charge in [0.2, 0.25) is 6.79 Å². The maximum Gasteiger partial charge on any atom is 0.573 e.